The summed E-state index contributed by atoms with van der Waals surface area (Å²) >= 11 is 0. The first kappa shape index (κ1) is 15.7. The van der Waals surface area contributed by atoms with Gasteiger partial charge < -0.3 is 4.84 Å². The van der Waals surface area contributed by atoms with Gasteiger partial charge in [0.2, 0.25) is 0 Å². The number of fused-ring (bicyclic) bond motifs is 3. The van der Waals surface area contributed by atoms with E-state index in [4.69, 9.17) is 4.84 Å². The molecule has 2 aromatic rings. The molecule has 2 fully saturated rings. The maximum atomic E-state index is 5.20. The minimum Gasteiger partial charge on any atom is -0.399 e. The Bertz CT molecular complexity index is 750. The lowest BCUT2D eigenvalue weighted by atomic mass is 9.67. The van der Waals surface area contributed by atoms with Gasteiger partial charge in [-0.3, -0.25) is 0 Å². The summed E-state index contributed by atoms with van der Waals surface area (Å²) in [4.78, 5) is 5.20. The van der Waals surface area contributed by atoms with Crippen LogP contribution in [-0.2, 0) is 4.84 Å². The van der Waals surface area contributed by atoms with Crippen LogP contribution in [-0.4, -0.2) is 12.8 Å². The largest absolute Gasteiger partial charge is 0.399 e. The molecule has 2 heteroatoms. The van der Waals surface area contributed by atoms with Crippen molar-refractivity contribution >= 4 is 16.5 Å². The van der Waals surface area contributed by atoms with Crippen molar-refractivity contribution in [2.75, 3.05) is 7.11 Å². The van der Waals surface area contributed by atoms with Crippen molar-refractivity contribution in [1.82, 2.24) is 0 Å². The van der Waals surface area contributed by atoms with Gasteiger partial charge in [-0.2, -0.15) is 0 Å². The molecule has 0 amide bonds. The second kappa shape index (κ2) is 6.58. The van der Waals surface area contributed by atoms with Crippen molar-refractivity contribution < 1.29 is 4.84 Å². The minimum atomic E-state index is 0.551. The summed E-state index contributed by atoms with van der Waals surface area (Å²) in [5.41, 5.74) is 2.76. The molecular formula is C22H27NO. The molecule has 2 nitrogen and oxygen atoms in total. The molecule has 2 aliphatic rings. The van der Waals surface area contributed by atoms with E-state index in [-0.39, 0.29) is 0 Å². The van der Waals surface area contributed by atoms with E-state index < -0.39 is 0 Å². The van der Waals surface area contributed by atoms with Crippen LogP contribution in [0.15, 0.2) is 47.6 Å². The zero-order valence-corrected chi connectivity index (χ0v) is 14.7. The van der Waals surface area contributed by atoms with Crippen molar-refractivity contribution in [3.05, 3.63) is 48.0 Å². The van der Waals surface area contributed by atoms with Gasteiger partial charge in [-0.25, -0.2) is 0 Å². The fourth-order valence-electron chi connectivity index (χ4n) is 5.25. The Labute approximate surface area is 144 Å². The Morgan fingerprint density at radius 1 is 1.08 bits per heavy atom. The van der Waals surface area contributed by atoms with Crippen LogP contribution in [0.5, 0.6) is 0 Å². The van der Waals surface area contributed by atoms with E-state index in [1.54, 1.807) is 7.11 Å². The molecule has 4 atom stereocenters. The molecule has 0 aliphatic heterocycles. The smallest absolute Gasteiger partial charge is 0.106 e. The third kappa shape index (κ3) is 2.72. The first-order chi connectivity index (χ1) is 11.8. The maximum absolute atomic E-state index is 5.20. The topological polar surface area (TPSA) is 21.6 Å². The second-order valence-corrected chi connectivity index (χ2v) is 7.53. The van der Waals surface area contributed by atoms with Gasteiger partial charge in [-0.05, 0) is 59.8 Å². The SMILES string of the molecule is CCC(=NOC)[C@@H]1[C@H]2CCC(C2)C[C@@H]1c1ccc2ccccc2c1. The molecular weight excluding hydrogens is 294 g/mol. The quantitative estimate of drug-likeness (QED) is 0.517. The van der Waals surface area contributed by atoms with Crippen LogP contribution >= 0.6 is 0 Å². The standard InChI is InChI=1S/C22H27NO/c1-3-21(23-24-2)22-19-9-8-15(12-19)13-20(22)18-11-10-16-6-4-5-7-17(16)14-18/h4-7,10-11,14-15,19-20,22H,3,8-9,12-13H2,1-2H3/t15?,19-,20+,22+/m0/s1. The Balaban J connectivity index is 1.75. The van der Waals surface area contributed by atoms with Crippen LogP contribution in [0.25, 0.3) is 10.8 Å². The summed E-state index contributed by atoms with van der Waals surface area (Å²) < 4.78 is 0. The molecule has 1 unspecified atom stereocenters. The molecule has 24 heavy (non-hydrogen) atoms. The third-order valence-electron chi connectivity index (χ3n) is 6.27. The predicted molar refractivity (Wildman–Crippen MR) is 100 cm³/mol. The van der Waals surface area contributed by atoms with Gasteiger partial charge in [0.05, 0.1) is 5.71 Å². The second-order valence-electron chi connectivity index (χ2n) is 7.53. The normalized spacial score (nSPS) is 29.8. The zero-order valence-electron chi connectivity index (χ0n) is 14.7. The predicted octanol–water partition coefficient (Wildman–Crippen LogP) is 5.77. The van der Waals surface area contributed by atoms with Crippen LogP contribution in [0.4, 0.5) is 0 Å². The van der Waals surface area contributed by atoms with E-state index >= 15 is 0 Å². The summed E-state index contributed by atoms with van der Waals surface area (Å²) in [6.45, 7) is 2.22. The first-order valence-electron chi connectivity index (χ1n) is 9.38. The number of hydrogen-bond acceptors (Lipinski definition) is 2. The highest BCUT2D eigenvalue weighted by molar-refractivity contribution is 5.88. The number of benzene rings is 2. The van der Waals surface area contributed by atoms with Crippen molar-refractivity contribution in [3.63, 3.8) is 0 Å². The Morgan fingerprint density at radius 3 is 2.71 bits per heavy atom. The Kier molecular flexibility index (Phi) is 4.30. The van der Waals surface area contributed by atoms with E-state index in [0.29, 0.717) is 11.8 Å². The number of rotatable bonds is 4. The molecule has 0 spiro atoms. The molecule has 2 saturated carbocycles. The molecule has 0 radical (unpaired) electrons. The van der Waals surface area contributed by atoms with E-state index in [2.05, 4.69) is 54.5 Å². The minimum absolute atomic E-state index is 0.551. The average Bonchev–Trinajstić information content (AvgIpc) is 3.01. The van der Waals surface area contributed by atoms with Gasteiger partial charge >= 0.3 is 0 Å². The first-order valence-corrected chi connectivity index (χ1v) is 9.38. The van der Waals surface area contributed by atoms with Crippen LogP contribution in [0.3, 0.4) is 0 Å². The van der Waals surface area contributed by atoms with Gasteiger partial charge in [0.25, 0.3) is 0 Å². The molecule has 126 valence electrons. The lowest BCUT2D eigenvalue weighted by Gasteiger charge is -2.37. The number of hydrogen-bond donors (Lipinski definition) is 0. The Hall–Kier alpha value is -1.83. The highest BCUT2D eigenvalue weighted by Gasteiger charge is 2.44. The molecule has 0 heterocycles. The molecule has 0 N–H and O–H groups in total. The van der Waals surface area contributed by atoms with Crippen molar-refractivity contribution in [1.29, 1.82) is 0 Å². The highest BCUT2D eigenvalue weighted by Crippen LogP contribution is 2.53. The third-order valence-corrected chi connectivity index (χ3v) is 6.27. The van der Waals surface area contributed by atoms with Crippen LogP contribution in [0.2, 0.25) is 0 Å². The van der Waals surface area contributed by atoms with Crippen molar-refractivity contribution in [2.45, 2.75) is 44.9 Å². The summed E-state index contributed by atoms with van der Waals surface area (Å²) in [5.74, 6) is 2.84. The van der Waals surface area contributed by atoms with Crippen LogP contribution < -0.4 is 0 Å². The van der Waals surface area contributed by atoms with Gasteiger partial charge in [-0.15, -0.1) is 0 Å². The summed E-state index contributed by atoms with van der Waals surface area (Å²) in [6, 6.07) is 15.7. The van der Waals surface area contributed by atoms with Gasteiger partial charge in [0, 0.05) is 5.92 Å². The molecule has 4 rings (SSSR count). The summed E-state index contributed by atoms with van der Waals surface area (Å²) in [6.07, 6.45) is 6.45. The van der Waals surface area contributed by atoms with Crippen LogP contribution in [0, 0.1) is 17.8 Å². The van der Waals surface area contributed by atoms with E-state index in [1.165, 1.54) is 47.7 Å². The van der Waals surface area contributed by atoms with Gasteiger partial charge in [0.1, 0.15) is 7.11 Å². The monoisotopic (exact) mass is 321 g/mol. The molecule has 2 aromatic carbocycles. The number of nitrogens with zero attached hydrogens (tertiary/aromatic N) is 1. The zero-order chi connectivity index (χ0) is 16.5. The molecule has 0 aromatic heterocycles. The lowest BCUT2D eigenvalue weighted by Crippen LogP contribution is -2.32. The van der Waals surface area contributed by atoms with E-state index in [9.17, 15) is 0 Å². The fourth-order valence-corrected chi connectivity index (χ4v) is 5.25. The van der Waals surface area contributed by atoms with E-state index in [0.717, 1.165) is 18.3 Å². The van der Waals surface area contributed by atoms with E-state index in [1.807, 2.05) is 0 Å². The Morgan fingerprint density at radius 2 is 1.92 bits per heavy atom. The summed E-state index contributed by atoms with van der Waals surface area (Å²) in [5, 5.41) is 7.12. The summed E-state index contributed by atoms with van der Waals surface area (Å²) in [7, 11) is 1.68. The molecule has 2 aliphatic carbocycles. The molecule has 2 bridgehead atoms. The fraction of sp³-hybridized carbons (Fsp3) is 0.500. The average molecular weight is 321 g/mol. The van der Waals surface area contributed by atoms with Crippen molar-refractivity contribution in [3.8, 4) is 0 Å². The maximum Gasteiger partial charge on any atom is 0.106 e. The highest BCUT2D eigenvalue weighted by atomic mass is 16.6. The van der Waals surface area contributed by atoms with Crippen molar-refractivity contribution in [2.24, 2.45) is 22.9 Å². The van der Waals surface area contributed by atoms with Gasteiger partial charge in [0.15, 0.2) is 0 Å². The molecule has 0 saturated heterocycles. The number of oxime groups is 1. The van der Waals surface area contributed by atoms with Crippen LogP contribution in [0.1, 0.15) is 50.5 Å². The lowest BCUT2D eigenvalue weighted by molar-refractivity contribution is 0.200. The van der Waals surface area contributed by atoms with Gasteiger partial charge in [-0.1, -0.05) is 61.0 Å².